The van der Waals surface area contributed by atoms with Crippen LogP contribution < -0.4 is 15.2 Å². The fraction of sp³-hybridized carbons (Fsp3) is 0.643. The second kappa shape index (κ2) is 4.50. The van der Waals surface area contributed by atoms with E-state index in [-0.39, 0.29) is 17.0 Å². The molecule has 0 atom stereocenters. The fourth-order valence-electron chi connectivity index (χ4n) is 2.36. The number of pyridine rings is 1. The van der Waals surface area contributed by atoms with Crippen molar-refractivity contribution in [3.8, 4) is 0 Å². The molecule has 0 fully saturated rings. The molecule has 118 valence electrons. The first-order valence-corrected chi connectivity index (χ1v) is 8.52. The van der Waals surface area contributed by atoms with Gasteiger partial charge in [0.2, 0.25) is 0 Å². The largest absolute Gasteiger partial charge is 0.345 e. The molecule has 0 amide bonds. The maximum Gasteiger partial charge on any atom is 0.276 e. The summed E-state index contributed by atoms with van der Waals surface area (Å²) < 4.78 is 28.1. The summed E-state index contributed by atoms with van der Waals surface area (Å²) in [7, 11) is -3.47. The second-order valence-corrected chi connectivity index (χ2v) is 9.06. The van der Waals surface area contributed by atoms with Crippen molar-refractivity contribution in [3.63, 3.8) is 0 Å². The molecule has 6 nitrogen and oxygen atoms in total. The van der Waals surface area contributed by atoms with Gasteiger partial charge in [0.15, 0.2) is 0 Å². The van der Waals surface area contributed by atoms with Crippen LogP contribution in [-0.4, -0.2) is 24.4 Å². The van der Waals surface area contributed by atoms with Crippen molar-refractivity contribution in [3.05, 3.63) is 22.6 Å². The minimum Gasteiger partial charge on any atom is -0.345 e. The lowest BCUT2D eigenvalue weighted by Crippen LogP contribution is -2.52. The van der Waals surface area contributed by atoms with Crippen LogP contribution in [-0.2, 0) is 15.6 Å². The Balaban J connectivity index is 2.77. The van der Waals surface area contributed by atoms with E-state index in [2.05, 4.69) is 4.72 Å². The van der Waals surface area contributed by atoms with E-state index >= 15 is 0 Å². The topological polar surface area (TPSA) is 71.4 Å². The van der Waals surface area contributed by atoms with Crippen molar-refractivity contribution >= 4 is 21.4 Å². The summed E-state index contributed by atoms with van der Waals surface area (Å²) >= 11 is 0. The summed E-state index contributed by atoms with van der Waals surface area (Å²) in [6, 6.07) is 1.65. The third kappa shape index (κ3) is 2.92. The van der Waals surface area contributed by atoms with Gasteiger partial charge in [0.25, 0.3) is 15.6 Å². The first kappa shape index (κ1) is 15.9. The summed E-state index contributed by atoms with van der Waals surface area (Å²) in [4.78, 5) is 14.5. The van der Waals surface area contributed by atoms with Crippen LogP contribution in [0.4, 0.5) is 11.4 Å². The van der Waals surface area contributed by atoms with Gasteiger partial charge >= 0.3 is 0 Å². The van der Waals surface area contributed by atoms with Crippen LogP contribution in [0.2, 0.25) is 0 Å². The third-order valence-corrected chi connectivity index (χ3v) is 4.56. The lowest BCUT2D eigenvalue weighted by Gasteiger charge is -2.41. The lowest BCUT2D eigenvalue weighted by molar-refractivity contribution is 0.382. The Morgan fingerprint density at radius 2 is 1.67 bits per heavy atom. The monoisotopic (exact) mass is 313 g/mol. The van der Waals surface area contributed by atoms with Crippen LogP contribution in [0.1, 0.15) is 41.5 Å². The average molecular weight is 313 g/mol. The van der Waals surface area contributed by atoms with Gasteiger partial charge in [0.1, 0.15) is 11.6 Å². The van der Waals surface area contributed by atoms with E-state index in [1.807, 2.05) is 41.5 Å². The number of sulfonamides is 1. The van der Waals surface area contributed by atoms with E-state index in [9.17, 15) is 13.2 Å². The van der Waals surface area contributed by atoms with Gasteiger partial charge in [-0.05, 0) is 47.6 Å². The highest BCUT2D eigenvalue weighted by atomic mass is 32.2. The fourth-order valence-corrected chi connectivity index (χ4v) is 3.78. The summed E-state index contributed by atoms with van der Waals surface area (Å²) in [6.45, 7) is 11.5. The van der Waals surface area contributed by atoms with E-state index < -0.39 is 15.6 Å². The standard InChI is InChI=1S/C14H23N3O3S/c1-13(2,3)16-8-7-10-11(12(16)18)17(14(4,5)6)9-21(19,20)15-10/h7-8,15H,9H2,1-6H3. The van der Waals surface area contributed by atoms with Crippen molar-refractivity contribution in [2.75, 3.05) is 15.5 Å². The molecule has 2 rings (SSSR count). The van der Waals surface area contributed by atoms with Crippen LogP contribution in [0, 0.1) is 0 Å². The minimum absolute atomic E-state index is 0.183. The van der Waals surface area contributed by atoms with Gasteiger partial charge in [-0.25, -0.2) is 8.42 Å². The number of aromatic nitrogens is 1. The van der Waals surface area contributed by atoms with Gasteiger partial charge in [-0.15, -0.1) is 0 Å². The number of nitrogens with zero attached hydrogens (tertiary/aromatic N) is 2. The summed E-state index contributed by atoms with van der Waals surface area (Å²) in [5, 5.41) is 0. The molecule has 0 unspecified atom stereocenters. The molecule has 1 aliphatic rings. The highest BCUT2D eigenvalue weighted by molar-refractivity contribution is 7.92. The Hall–Kier alpha value is -1.50. The normalized spacial score (nSPS) is 18.1. The predicted octanol–water partition coefficient (Wildman–Crippen LogP) is 1.92. The quantitative estimate of drug-likeness (QED) is 0.794. The Labute approximate surface area is 125 Å². The molecule has 1 aromatic heterocycles. The Kier molecular flexibility index (Phi) is 3.40. The Morgan fingerprint density at radius 1 is 1.10 bits per heavy atom. The first-order chi connectivity index (χ1) is 9.33. The highest BCUT2D eigenvalue weighted by Crippen LogP contribution is 2.33. The number of hydrogen-bond donors (Lipinski definition) is 1. The molecular weight excluding hydrogens is 290 g/mol. The van der Waals surface area contributed by atoms with E-state index in [0.717, 1.165) is 0 Å². The van der Waals surface area contributed by atoms with Crippen molar-refractivity contribution in [1.29, 1.82) is 0 Å². The minimum atomic E-state index is -3.47. The summed E-state index contributed by atoms with van der Waals surface area (Å²) in [5.74, 6) is -0.215. The van der Waals surface area contributed by atoms with E-state index in [1.165, 1.54) is 0 Å². The maximum atomic E-state index is 12.8. The molecule has 0 radical (unpaired) electrons. The average Bonchev–Trinajstić information content (AvgIpc) is 2.23. The van der Waals surface area contributed by atoms with Gasteiger partial charge < -0.3 is 9.47 Å². The smallest absolute Gasteiger partial charge is 0.276 e. The maximum absolute atomic E-state index is 12.8. The molecule has 1 aromatic rings. The Bertz CT molecular complexity index is 721. The van der Waals surface area contributed by atoms with E-state index in [4.69, 9.17) is 0 Å². The van der Waals surface area contributed by atoms with Gasteiger partial charge in [-0.3, -0.25) is 9.52 Å². The molecular formula is C14H23N3O3S. The molecule has 0 aromatic carbocycles. The van der Waals surface area contributed by atoms with Gasteiger partial charge in [0, 0.05) is 17.3 Å². The SMILES string of the molecule is CC(C)(C)N1CS(=O)(=O)Nc2ccn(C(C)(C)C)c(=O)c21. The molecule has 0 spiro atoms. The highest BCUT2D eigenvalue weighted by Gasteiger charge is 2.36. The molecule has 0 bridgehead atoms. The second-order valence-electron chi connectivity index (χ2n) is 7.37. The lowest BCUT2D eigenvalue weighted by atomic mass is 10.0. The zero-order valence-electron chi connectivity index (χ0n) is 13.4. The van der Waals surface area contributed by atoms with Crippen molar-refractivity contribution in [2.24, 2.45) is 0 Å². The zero-order chi connectivity index (χ0) is 16.2. The van der Waals surface area contributed by atoms with Crippen LogP contribution in [0.3, 0.4) is 0 Å². The molecule has 1 aliphatic heterocycles. The van der Waals surface area contributed by atoms with E-state index in [0.29, 0.717) is 11.4 Å². The molecule has 0 saturated heterocycles. The summed E-state index contributed by atoms with van der Waals surface area (Å²) in [5.41, 5.74) is -0.264. The molecule has 21 heavy (non-hydrogen) atoms. The zero-order valence-corrected chi connectivity index (χ0v) is 14.2. The number of anilines is 2. The Morgan fingerprint density at radius 3 is 2.14 bits per heavy atom. The number of rotatable bonds is 0. The number of fused-ring (bicyclic) bond motifs is 1. The van der Waals surface area contributed by atoms with Crippen LogP contribution in [0.25, 0.3) is 0 Å². The van der Waals surface area contributed by atoms with E-state index in [1.54, 1.807) is 21.7 Å². The van der Waals surface area contributed by atoms with Gasteiger partial charge in [-0.1, -0.05) is 0 Å². The number of hydrogen-bond acceptors (Lipinski definition) is 4. The van der Waals surface area contributed by atoms with Crippen molar-refractivity contribution in [2.45, 2.75) is 52.6 Å². The molecule has 7 heteroatoms. The molecule has 2 heterocycles. The summed E-state index contributed by atoms with van der Waals surface area (Å²) in [6.07, 6.45) is 1.63. The third-order valence-electron chi connectivity index (χ3n) is 3.43. The van der Waals surface area contributed by atoms with Crippen molar-refractivity contribution < 1.29 is 8.42 Å². The predicted molar refractivity (Wildman–Crippen MR) is 85.3 cm³/mol. The van der Waals surface area contributed by atoms with Gasteiger partial charge in [-0.2, -0.15) is 0 Å². The first-order valence-electron chi connectivity index (χ1n) is 6.87. The van der Waals surface area contributed by atoms with Crippen molar-refractivity contribution in [1.82, 2.24) is 4.57 Å². The molecule has 1 N–H and O–H groups in total. The molecule has 0 aliphatic carbocycles. The van der Waals surface area contributed by atoms with Crippen LogP contribution in [0.15, 0.2) is 17.1 Å². The van der Waals surface area contributed by atoms with Gasteiger partial charge in [0.05, 0.1) is 5.69 Å². The number of nitrogens with one attached hydrogen (secondary N) is 1. The van der Waals surface area contributed by atoms with Crippen LogP contribution in [0.5, 0.6) is 0 Å². The van der Waals surface area contributed by atoms with Crippen LogP contribution >= 0.6 is 0 Å². The molecule has 0 saturated carbocycles.